The zero-order valence-electron chi connectivity index (χ0n) is 15.9. The maximum absolute atomic E-state index is 13.0. The number of hydrogen-bond donors (Lipinski definition) is 2. The Hall–Kier alpha value is -2.88. The van der Waals surface area contributed by atoms with Crippen molar-refractivity contribution in [2.75, 3.05) is 5.32 Å². The van der Waals surface area contributed by atoms with Crippen LogP contribution < -0.4 is 10.6 Å². The molecular formula is C20H17BrF3N3O3. The summed E-state index contributed by atoms with van der Waals surface area (Å²) in [7, 11) is 0. The average Bonchev–Trinajstić information content (AvgIpc) is 2.90. The molecule has 0 radical (unpaired) electrons. The van der Waals surface area contributed by atoms with Gasteiger partial charge in [0, 0.05) is 10.2 Å². The van der Waals surface area contributed by atoms with Crippen molar-refractivity contribution in [2.45, 2.75) is 31.6 Å². The molecule has 3 rings (SSSR count). The minimum Gasteiger partial charge on any atom is -0.324 e. The third-order valence-electron chi connectivity index (χ3n) is 4.85. The van der Waals surface area contributed by atoms with Crippen LogP contribution in [-0.2, 0) is 21.3 Å². The molecule has 0 unspecified atom stereocenters. The summed E-state index contributed by atoms with van der Waals surface area (Å²) in [5.74, 6) is -1.44. The van der Waals surface area contributed by atoms with Crippen molar-refractivity contribution in [3.05, 3.63) is 64.1 Å². The van der Waals surface area contributed by atoms with Crippen molar-refractivity contribution < 1.29 is 27.6 Å². The van der Waals surface area contributed by atoms with E-state index in [4.69, 9.17) is 0 Å². The van der Waals surface area contributed by atoms with Gasteiger partial charge < -0.3 is 10.6 Å². The van der Waals surface area contributed by atoms with Crippen LogP contribution >= 0.6 is 15.9 Å². The van der Waals surface area contributed by atoms with Crippen LogP contribution in [0.25, 0.3) is 0 Å². The first-order chi connectivity index (χ1) is 13.9. The number of alkyl halides is 3. The van der Waals surface area contributed by atoms with Gasteiger partial charge in [0.25, 0.3) is 5.91 Å². The highest BCUT2D eigenvalue weighted by Crippen LogP contribution is 2.33. The number of rotatable bonds is 4. The van der Waals surface area contributed by atoms with E-state index in [-0.39, 0.29) is 5.69 Å². The highest BCUT2D eigenvalue weighted by Gasteiger charge is 2.51. The minimum atomic E-state index is -4.57. The smallest absolute Gasteiger partial charge is 0.324 e. The predicted octanol–water partition coefficient (Wildman–Crippen LogP) is 4.26. The molecule has 1 aliphatic heterocycles. The summed E-state index contributed by atoms with van der Waals surface area (Å²) >= 11 is 3.31. The van der Waals surface area contributed by atoms with Crippen molar-refractivity contribution in [1.82, 2.24) is 10.2 Å². The highest BCUT2D eigenvalue weighted by atomic mass is 79.9. The molecule has 4 amide bonds. The molecule has 10 heteroatoms. The first-order valence-corrected chi connectivity index (χ1v) is 9.63. The normalized spacial score (nSPS) is 20.1. The Labute approximate surface area is 178 Å². The summed E-state index contributed by atoms with van der Waals surface area (Å²) in [5.41, 5.74) is -1.89. The van der Waals surface area contributed by atoms with E-state index in [9.17, 15) is 27.6 Å². The summed E-state index contributed by atoms with van der Waals surface area (Å²) in [4.78, 5) is 38.9. The lowest BCUT2D eigenvalue weighted by Crippen LogP contribution is -2.47. The number of nitrogens with zero attached hydrogens (tertiary/aromatic N) is 1. The molecule has 30 heavy (non-hydrogen) atoms. The molecule has 1 fully saturated rings. The summed E-state index contributed by atoms with van der Waals surface area (Å²) < 4.78 is 39.3. The second-order valence-electron chi connectivity index (χ2n) is 6.98. The molecule has 2 aromatic carbocycles. The van der Waals surface area contributed by atoms with Gasteiger partial charge in [0.1, 0.15) is 11.6 Å². The molecule has 6 nitrogen and oxygen atoms in total. The Bertz CT molecular complexity index is 1030. The summed E-state index contributed by atoms with van der Waals surface area (Å²) in [5, 5.41) is 4.92. The van der Waals surface area contributed by atoms with Gasteiger partial charge in [-0.1, -0.05) is 34.1 Å². The summed E-state index contributed by atoms with van der Waals surface area (Å²) in [6.45, 7) is 2.85. The molecule has 2 aromatic rings. The second-order valence-corrected chi connectivity index (χ2v) is 7.90. The number of carbonyl (C=O) groups is 3. The van der Waals surface area contributed by atoms with Crippen LogP contribution in [0, 0.1) is 0 Å². The molecule has 1 aliphatic rings. The number of benzene rings is 2. The fourth-order valence-electron chi connectivity index (χ4n) is 3.14. The molecule has 2 atom stereocenters. The topological polar surface area (TPSA) is 78.5 Å². The van der Waals surface area contributed by atoms with Gasteiger partial charge in [-0.3, -0.25) is 9.59 Å². The molecular weight excluding hydrogens is 467 g/mol. The van der Waals surface area contributed by atoms with E-state index in [0.29, 0.717) is 10.0 Å². The number of amides is 4. The number of urea groups is 1. The van der Waals surface area contributed by atoms with Crippen LogP contribution in [0.5, 0.6) is 0 Å². The van der Waals surface area contributed by atoms with E-state index >= 15 is 0 Å². The van der Waals surface area contributed by atoms with Gasteiger partial charge in [0.15, 0.2) is 0 Å². The molecule has 0 saturated carbocycles. The number of carbonyl (C=O) groups excluding carboxylic acids is 3. The molecule has 0 bridgehead atoms. The number of anilines is 1. The maximum atomic E-state index is 13.0. The van der Waals surface area contributed by atoms with Crippen LogP contribution in [0.2, 0.25) is 0 Å². The molecule has 0 aliphatic carbocycles. The maximum Gasteiger partial charge on any atom is 0.416 e. The highest BCUT2D eigenvalue weighted by molar-refractivity contribution is 9.10. The van der Waals surface area contributed by atoms with Gasteiger partial charge in [-0.15, -0.1) is 0 Å². The van der Waals surface area contributed by atoms with Crippen molar-refractivity contribution in [3.63, 3.8) is 0 Å². The van der Waals surface area contributed by atoms with Gasteiger partial charge in [-0.2, -0.15) is 13.2 Å². The monoisotopic (exact) mass is 483 g/mol. The Morgan fingerprint density at radius 3 is 2.47 bits per heavy atom. The number of imide groups is 1. The van der Waals surface area contributed by atoms with Gasteiger partial charge in [0.2, 0.25) is 5.91 Å². The minimum absolute atomic E-state index is 0.0940. The predicted molar refractivity (Wildman–Crippen MR) is 106 cm³/mol. The van der Waals surface area contributed by atoms with E-state index in [0.717, 1.165) is 23.1 Å². The first kappa shape index (κ1) is 21.8. The van der Waals surface area contributed by atoms with Crippen molar-refractivity contribution in [1.29, 1.82) is 0 Å². The SMILES string of the molecule is C[C@H](C(=O)Nc1cccc(C(F)(F)F)c1)N1C(=O)N[C@@](C)(c2cccc(Br)c2)C1=O. The van der Waals surface area contributed by atoms with Gasteiger partial charge in [-0.05, 0) is 49.7 Å². The van der Waals surface area contributed by atoms with Crippen LogP contribution in [0.15, 0.2) is 53.0 Å². The Morgan fingerprint density at radius 2 is 1.83 bits per heavy atom. The number of nitrogens with one attached hydrogen (secondary N) is 2. The summed E-state index contributed by atoms with van der Waals surface area (Å²) in [6.07, 6.45) is -4.57. The molecule has 0 aromatic heterocycles. The molecule has 1 heterocycles. The van der Waals surface area contributed by atoms with Crippen LogP contribution in [0.3, 0.4) is 0 Å². The zero-order chi connectivity index (χ0) is 22.3. The van der Waals surface area contributed by atoms with Crippen LogP contribution in [0.1, 0.15) is 25.0 Å². The number of halogens is 4. The van der Waals surface area contributed by atoms with Crippen molar-refractivity contribution in [3.8, 4) is 0 Å². The summed E-state index contributed by atoms with van der Waals surface area (Å²) in [6, 6.07) is 8.89. The first-order valence-electron chi connectivity index (χ1n) is 8.83. The van der Waals surface area contributed by atoms with E-state index < -0.39 is 41.2 Å². The molecule has 2 N–H and O–H groups in total. The van der Waals surface area contributed by atoms with Crippen LogP contribution in [-0.4, -0.2) is 28.8 Å². The fourth-order valence-corrected chi connectivity index (χ4v) is 3.54. The Kier molecular flexibility index (Phi) is 5.64. The Balaban J connectivity index is 1.81. The standard InChI is InChI=1S/C20H17BrF3N3O3/c1-11(16(28)25-15-8-4-6-13(10-15)20(22,23)24)27-17(29)19(2,26-18(27)30)12-5-3-7-14(21)9-12/h3-11H,1-2H3,(H,25,28)(H,26,30)/t11-,19+/m1/s1. The Morgan fingerprint density at radius 1 is 1.17 bits per heavy atom. The van der Waals surface area contributed by atoms with E-state index in [1.165, 1.54) is 19.9 Å². The lowest BCUT2D eigenvalue weighted by molar-refractivity contribution is -0.137. The third kappa shape index (κ3) is 4.04. The van der Waals surface area contributed by atoms with Gasteiger partial charge in [-0.25, -0.2) is 9.69 Å². The molecule has 1 saturated heterocycles. The number of hydrogen-bond acceptors (Lipinski definition) is 3. The molecule has 0 spiro atoms. The van der Waals surface area contributed by atoms with E-state index in [2.05, 4.69) is 26.6 Å². The van der Waals surface area contributed by atoms with Crippen molar-refractivity contribution >= 4 is 39.5 Å². The van der Waals surface area contributed by atoms with Gasteiger partial charge >= 0.3 is 12.2 Å². The van der Waals surface area contributed by atoms with Gasteiger partial charge in [0.05, 0.1) is 5.56 Å². The lowest BCUT2D eigenvalue weighted by Gasteiger charge is -2.24. The fraction of sp³-hybridized carbons (Fsp3) is 0.250. The third-order valence-corrected chi connectivity index (χ3v) is 5.34. The van der Waals surface area contributed by atoms with E-state index in [1.54, 1.807) is 24.3 Å². The zero-order valence-corrected chi connectivity index (χ0v) is 17.5. The second kappa shape index (κ2) is 7.75. The molecule has 158 valence electrons. The quantitative estimate of drug-likeness (QED) is 0.637. The largest absolute Gasteiger partial charge is 0.416 e. The van der Waals surface area contributed by atoms with Crippen LogP contribution in [0.4, 0.5) is 23.7 Å². The van der Waals surface area contributed by atoms with E-state index in [1.807, 2.05) is 0 Å². The lowest BCUT2D eigenvalue weighted by atomic mass is 9.92. The average molecular weight is 484 g/mol. The van der Waals surface area contributed by atoms with Crippen molar-refractivity contribution in [2.24, 2.45) is 0 Å².